The van der Waals surface area contributed by atoms with Gasteiger partial charge in [0.25, 0.3) is 0 Å². The Kier molecular flexibility index (Phi) is 5.02. The average molecular weight is 385 g/mol. The molecule has 1 aromatic heterocycles. The van der Waals surface area contributed by atoms with Crippen LogP contribution in [-0.2, 0) is 0 Å². The number of nitrogens with zero attached hydrogens (tertiary/aromatic N) is 6. The Labute approximate surface area is 161 Å². The van der Waals surface area contributed by atoms with Gasteiger partial charge >= 0.3 is 0 Å². The predicted molar refractivity (Wildman–Crippen MR) is 103 cm³/mol. The molecule has 0 radical (unpaired) electrons. The number of anilines is 1. The van der Waals surface area contributed by atoms with Gasteiger partial charge in [-0.15, -0.1) is 5.10 Å². The number of aromatic nitrogens is 4. The first kappa shape index (κ1) is 17.5. The summed E-state index contributed by atoms with van der Waals surface area (Å²) in [5.74, 6) is 0.306. The SMILES string of the molecule is Fc1ccc(-n2nnnc2/C=C/N2CCN(c3cccc(Cl)c3)CC2)cc1. The lowest BCUT2D eigenvalue weighted by Gasteiger charge is -2.35. The lowest BCUT2D eigenvalue weighted by atomic mass is 10.2. The van der Waals surface area contributed by atoms with Gasteiger partial charge < -0.3 is 9.80 Å². The van der Waals surface area contributed by atoms with Crippen LogP contribution in [0.15, 0.2) is 54.7 Å². The van der Waals surface area contributed by atoms with Gasteiger partial charge in [-0.1, -0.05) is 17.7 Å². The number of halogens is 2. The molecule has 0 bridgehead atoms. The van der Waals surface area contributed by atoms with Crippen LogP contribution in [0.25, 0.3) is 11.8 Å². The molecule has 0 amide bonds. The molecule has 0 N–H and O–H groups in total. The second-order valence-electron chi connectivity index (χ2n) is 6.24. The fraction of sp³-hybridized carbons (Fsp3) is 0.211. The molecule has 2 heterocycles. The van der Waals surface area contributed by atoms with Gasteiger partial charge in [0.05, 0.1) is 5.69 Å². The summed E-state index contributed by atoms with van der Waals surface area (Å²) in [6.07, 6.45) is 3.87. The highest BCUT2D eigenvalue weighted by Crippen LogP contribution is 2.21. The summed E-state index contributed by atoms with van der Waals surface area (Å²) in [4.78, 5) is 4.55. The maximum Gasteiger partial charge on any atom is 0.181 e. The molecule has 0 saturated carbocycles. The summed E-state index contributed by atoms with van der Waals surface area (Å²) in [6.45, 7) is 3.60. The zero-order valence-electron chi connectivity index (χ0n) is 14.5. The number of rotatable bonds is 4. The summed E-state index contributed by atoms with van der Waals surface area (Å²) in [6, 6.07) is 14.0. The Hall–Kier alpha value is -2.93. The van der Waals surface area contributed by atoms with Crippen molar-refractivity contribution in [2.75, 3.05) is 31.1 Å². The summed E-state index contributed by atoms with van der Waals surface area (Å²) in [7, 11) is 0. The number of tetrazole rings is 1. The van der Waals surface area contributed by atoms with Crippen LogP contribution in [0, 0.1) is 5.82 Å². The third-order valence-corrected chi connectivity index (χ3v) is 4.72. The van der Waals surface area contributed by atoms with Gasteiger partial charge in [0.15, 0.2) is 5.82 Å². The normalized spacial score (nSPS) is 14.9. The minimum Gasteiger partial charge on any atom is -0.374 e. The lowest BCUT2D eigenvalue weighted by molar-refractivity contribution is 0.351. The van der Waals surface area contributed by atoms with E-state index in [0.717, 1.165) is 36.9 Å². The first-order valence-corrected chi connectivity index (χ1v) is 9.04. The minimum atomic E-state index is -0.290. The first-order valence-electron chi connectivity index (χ1n) is 8.66. The van der Waals surface area contributed by atoms with Crippen molar-refractivity contribution in [3.05, 3.63) is 71.4 Å². The van der Waals surface area contributed by atoms with Crippen LogP contribution >= 0.6 is 11.6 Å². The Morgan fingerprint density at radius 1 is 0.963 bits per heavy atom. The molecule has 6 nitrogen and oxygen atoms in total. The second-order valence-corrected chi connectivity index (χ2v) is 6.68. The maximum atomic E-state index is 13.1. The second kappa shape index (κ2) is 7.75. The van der Waals surface area contributed by atoms with Crippen molar-refractivity contribution in [1.82, 2.24) is 25.1 Å². The van der Waals surface area contributed by atoms with Crippen molar-refractivity contribution >= 4 is 23.4 Å². The molecule has 8 heteroatoms. The lowest BCUT2D eigenvalue weighted by Crippen LogP contribution is -2.44. The quantitative estimate of drug-likeness (QED) is 0.691. The first-order chi connectivity index (χ1) is 13.2. The molecule has 4 rings (SSSR count). The van der Waals surface area contributed by atoms with E-state index in [0.29, 0.717) is 11.5 Å². The van der Waals surface area contributed by atoms with Gasteiger partial charge in [0.1, 0.15) is 5.82 Å². The van der Waals surface area contributed by atoms with Crippen molar-refractivity contribution in [3.8, 4) is 5.69 Å². The van der Waals surface area contributed by atoms with E-state index in [4.69, 9.17) is 11.6 Å². The fourth-order valence-electron chi connectivity index (χ4n) is 3.04. The van der Waals surface area contributed by atoms with Gasteiger partial charge in [0.2, 0.25) is 0 Å². The summed E-state index contributed by atoms with van der Waals surface area (Å²) in [5, 5.41) is 12.5. The highest BCUT2D eigenvalue weighted by molar-refractivity contribution is 6.30. The highest BCUT2D eigenvalue weighted by Gasteiger charge is 2.15. The molecule has 1 aliphatic heterocycles. The smallest absolute Gasteiger partial charge is 0.181 e. The molecule has 0 unspecified atom stereocenters. The van der Waals surface area contributed by atoms with Crippen molar-refractivity contribution in [3.63, 3.8) is 0 Å². The molecule has 0 spiro atoms. The van der Waals surface area contributed by atoms with E-state index in [-0.39, 0.29) is 5.82 Å². The molecular weight excluding hydrogens is 367 g/mol. The van der Waals surface area contributed by atoms with Crippen LogP contribution in [0.5, 0.6) is 0 Å². The van der Waals surface area contributed by atoms with E-state index >= 15 is 0 Å². The van der Waals surface area contributed by atoms with Crippen molar-refractivity contribution < 1.29 is 4.39 Å². The van der Waals surface area contributed by atoms with E-state index in [2.05, 4.69) is 31.4 Å². The number of benzene rings is 2. The molecule has 27 heavy (non-hydrogen) atoms. The molecule has 3 aromatic rings. The largest absolute Gasteiger partial charge is 0.374 e. The van der Waals surface area contributed by atoms with Crippen LogP contribution in [-0.4, -0.2) is 51.3 Å². The van der Waals surface area contributed by atoms with Gasteiger partial charge in [-0.25, -0.2) is 4.39 Å². The van der Waals surface area contributed by atoms with E-state index < -0.39 is 0 Å². The number of piperazine rings is 1. The van der Waals surface area contributed by atoms with Crippen LogP contribution in [0.1, 0.15) is 5.82 Å². The molecule has 0 atom stereocenters. The molecule has 1 fully saturated rings. The van der Waals surface area contributed by atoms with Crippen LogP contribution < -0.4 is 4.90 Å². The van der Waals surface area contributed by atoms with E-state index in [9.17, 15) is 4.39 Å². The Bertz CT molecular complexity index is 931. The maximum absolute atomic E-state index is 13.1. The fourth-order valence-corrected chi connectivity index (χ4v) is 3.22. The van der Waals surface area contributed by atoms with Crippen LogP contribution in [0.3, 0.4) is 0 Å². The summed E-state index contributed by atoms with van der Waals surface area (Å²) in [5.41, 5.74) is 1.86. The van der Waals surface area contributed by atoms with Crippen molar-refractivity contribution in [1.29, 1.82) is 0 Å². The van der Waals surface area contributed by atoms with Gasteiger partial charge in [-0.3, -0.25) is 0 Å². The average Bonchev–Trinajstić information content (AvgIpc) is 3.16. The molecule has 1 saturated heterocycles. The summed E-state index contributed by atoms with van der Waals surface area (Å²) < 4.78 is 14.7. The van der Waals surface area contributed by atoms with Crippen molar-refractivity contribution in [2.45, 2.75) is 0 Å². The summed E-state index contributed by atoms with van der Waals surface area (Å²) >= 11 is 6.08. The number of hydrogen-bond acceptors (Lipinski definition) is 5. The number of hydrogen-bond donors (Lipinski definition) is 0. The zero-order chi connectivity index (χ0) is 18.6. The Morgan fingerprint density at radius 2 is 1.74 bits per heavy atom. The Balaban J connectivity index is 1.40. The van der Waals surface area contributed by atoms with Crippen LogP contribution in [0.2, 0.25) is 5.02 Å². The van der Waals surface area contributed by atoms with E-state index in [1.54, 1.807) is 16.8 Å². The molecule has 1 aliphatic rings. The molecular formula is C19H18ClFN6. The van der Waals surface area contributed by atoms with Crippen LogP contribution in [0.4, 0.5) is 10.1 Å². The molecule has 138 valence electrons. The predicted octanol–water partition coefficient (Wildman–Crippen LogP) is 3.25. The van der Waals surface area contributed by atoms with Gasteiger partial charge in [0, 0.05) is 49.2 Å². The van der Waals surface area contributed by atoms with Gasteiger partial charge in [-0.2, -0.15) is 4.68 Å². The topological polar surface area (TPSA) is 50.1 Å². The third-order valence-electron chi connectivity index (χ3n) is 4.49. The molecule has 0 aliphatic carbocycles. The zero-order valence-corrected chi connectivity index (χ0v) is 15.3. The highest BCUT2D eigenvalue weighted by atomic mass is 35.5. The monoisotopic (exact) mass is 384 g/mol. The standard InChI is InChI=1S/C19H18ClFN6/c20-15-2-1-3-18(14-15)26-12-10-25(11-13-26)9-8-19-22-23-24-27(19)17-6-4-16(21)5-7-17/h1-9,14H,10-13H2/b9-8+. The van der Waals surface area contributed by atoms with E-state index in [1.165, 1.54) is 12.1 Å². The Morgan fingerprint density at radius 3 is 2.48 bits per heavy atom. The van der Waals surface area contributed by atoms with E-state index in [1.807, 2.05) is 30.5 Å². The van der Waals surface area contributed by atoms with Crippen molar-refractivity contribution in [2.24, 2.45) is 0 Å². The minimum absolute atomic E-state index is 0.290. The third kappa shape index (κ3) is 4.09. The molecule has 2 aromatic carbocycles. The van der Waals surface area contributed by atoms with Gasteiger partial charge in [-0.05, 0) is 52.9 Å².